The van der Waals surface area contributed by atoms with Crippen molar-refractivity contribution in [3.8, 4) is 11.5 Å². The number of anilines is 1. The van der Waals surface area contributed by atoms with Crippen molar-refractivity contribution >= 4 is 17.4 Å². The van der Waals surface area contributed by atoms with Gasteiger partial charge in [0.1, 0.15) is 23.5 Å². The van der Waals surface area contributed by atoms with E-state index in [2.05, 4.69) is 15.8 Å². The number of nitrogens with zero attached hydrogens (tertiary/aromatic N) is 2. The number of carbonyl (C=O) groups is 1. The normalized spacial score (nSPS) is 9.83. The number of rotatable bonds is 6. The van der Waals surface area contributed by atoms with Crippen LogP contribution in [0.3, 0.4) is 0 Å². The number of nitro groups is 1. The second-order valence-corrected chi connectivity index (χ2v) is 4.34. The minimum absolute atomic E-state index is 0.139. The van der Waals surface area contributed by atoms with Crippen LogP contribution in [0.25, 0.3) is 0 Å². The van der Waals surface area contributed by atoms with Crippen molar-refractivity contribution in [3.63, 3.8) is 0 Å². The van der Waals surface area contributed by atoms with E-state index in [0.29, 0.717) is 17.1 Å². The lowest BCUT2D eigenvalue weighted by Crippen LogP contribution is -2.29. The fourth-order valence-corrected chi connectivity index (χ4v) is 1.70. The maximum absolute atomic E-state index is 12.1. The summed E-state index contributed by atoms with van der Waals surface area (Å²) in [6.45, 7) is 0. The molecule has 0 saturated heterocycles. The highest BCUT2D eigenvalue weighted by Gasteiger charge is 2.10. The Hall–Kier alpha value is -3.36. The van der Waals surface area contributed by atoms with Crippen LogP contribution in [0.5, 0.6) is 11.5 Å². The van der Waals surface area contributed by atoms with Gasteiger partial charge in [0.15, 0.2) is 0 Å². The molecule has 9 heteroatoms. The minimum Gasteiger partial charge on any atom is -0.497 e. The Morgan fingerprint density at radius 2 is 1.83 bits per heavy atom. The first-order chi connectivity index (χ1) is 11.0. The molecule has 1 aromatic carbocycles. The molecule has 0 radical (unpaired) electrons. The van der Waals surface area contributed by atoms with Crippen molar-refractivity contribution in [2.24, 2.45) is 0 Å². The molecule has 0 atom stereocenters. The predicted molar refractivity (Wildman–Crippen MR) is 81.5 cm³/mol. The molecule has 0 aliphatic heterocycles. The molecule has 0 unspecified atom stereocenters. The van der Waals surface area contributed by atoms with E-state index >= 15 is 0 Å². The van der Waals surface area contributed by atoms with Crippen LogP contribution >= 0.6 is 0 Å². The highest BCUT2D eigenvalue weighted by molar-refractivity contribution is 5.95. The predicted octanol–water partition coefficient (Wildman–Crippen LogP) is 1.76. The van der Waals surface area contributed by atoms with Gasteiger partial charge in [0.05, 0.1) is 19.1 Å². The summed E-state index contributed by atoms with van der Waals surface area (Å²) >= 11 is 0. The quantitative estimate of drug-likeness (QED) is 0.616. The van der Waals surface area contributed by atoms with Crippen molar-refractivity contribution in [2.75, 3.05) is 19.6 Å². The number of ether oxygens (including phenoxy) is 2. The Kier molecular flexibility index (Phi) is 4.92. The van der Waals surface area contributed by atoms with E-state index in [1.165, 1.54) is 26.4 Å². The van der Waals surface area contributed by atoms with E-state index in [-0.39, 0.29) is 11.5 Å². The van der Waals surface area contributed by atoms with Gasteiger partial charge in [0.25, 0.3) is 11.6 Å². The van der Waals surface area contributed by atoms with Gasteiger partial charge >= 0.3 is 0 Å². The zero-order valence-corrected chi connectivity index (χ0v) is 12.4. The van der Waals surface area contributed by atoms with Gasteiger partial charge in [-0.15, -0.1) is 0 Å². The third-order valence-electron chi connectivity index (χ3n) is 2.88. The van der Waals surface area contributed by atoms with Crippen molar-refractivity contribution in [1.29, 1.82) is 0 Å². The molecular formula is C14H14N4O5. The van der Waals surface area contributed by atoms with Gasteiger partial charge in [0, 0.05) is 17.7 Å². The fraction of sp³-hybridized carbons (Fsp3) is 0.143. The third kappa shape index (κ3) is 4.06. The summed E-state index contributed by atoms with van der Waals surface area (Å²) in [5.74, 6) is 0.770. The maximum atomic E-state index is 12.1. The molecule has 120 valence electrons. The number of hydrogen-bond donors (Lipinski definition) is 2. The second-order valence-electron chi connectivity index (χ2n) is 4.34. The van der Waals surface area contributed by atoms with Gasteiger partial charge in [-0.1, -0.05) is 0 Å². The second kappa shape index (κ2) is 7.07. The molecule has 2 aromatic rings. The Bertz CT molecular complexity index is 695. The fourth-order valence-electron chi connectivity index (χ4n) is 1.70. The summed E-state index contributed by atoms with van der Waals surface area (Å²) in [7, 11) is 2.96. The first kappa shape index (κ1) is 16.0. The molecule has 2 N–H and O–H groups in total. The monoisotopic (exact) mass is 318 g/mol. The molecule has 23 heavy (non-hydrogen) atoms. The molecule has 1 aromatic heterocycles. The van der Waals surface area contributed by atoms with E-state index in [1.807, 2.05) is 0 Å². The van der Waals surface area contributed by atoms with Crippen molar-refractivity contribution < 1.29 is 19.2 Å². The molecule has 1 heterocycles. The van der Waals surface area contributed by atoms with Gasteiger partial charge in [-0.05, 0) is 18.2 Å². The van der Waals surface area contributed by atoms with Crippen LogP contribution in [0, 0.1) is 10.1 Å². The molecule has 1 amide bonds. The standard InChI is InChI=1S/C14H14N4O5/c1-22-11-5-9(6-12(7-11)23-2)14(19)17-16-13-4-3-10(8-15-13)18(20)21/h3-8H,1-2H3,(H,15,16)(H,17,19). The Morgan fingerprint density at radius 3 is 2.30 bits per heavy atom. The lowest BCUT2D eigenvalue weighted by molar-refractivity contribution is -0.385. The molecule has 0 aliphatic carbocycles. The Labute approximate surface area is 131 Å². The van der Waals surface area contributed by atoms with Gasteiger partial charge in [-0.25, -0.2) is 4.98 Å². The number of amides is 1. The Morgan fingerprint density at radius 1 is 1.17 bits per heavy atom. The van der Waals surface area contributed by atoms with Gasteiger partial charge in [-0.3, -0.25) is 25.8 Å². The summed E-state index contributed by atoms with van der Waals surface area (Å²) in [6.07, 6.45) is 1.09. The molecule has 0 bridgehead atoms. The van der Waals surface area contributed by atoms with Crippen LogP contribution in [0.2, 0.25) is 0 Å². The molecule has 0 saturated carbocycles. The van der Waals surface area contributed by atoms with E-state index in [9.17, 15) is 14.9 Å². The number of hydrogen-bond acceptors (Lipinski definition) is 7. The molecule has 0 aliphatic rings. The summed E-state index contributed by atoms with van der Waals surface area (Å²) in [6, 6.07) is 7.38. The van der Waals surface area contributed by atoms with Crippen molar-refractivity contribution in [3.05, 3.63) is 52.2 Å². The highest BCUT2D eigenvalue weighted by atomic mass is 16.6. The summed E-state index contributed by atoms with van der Waals surface area (Å²) < 4.78 is 10.2. The number of aromatic nitrogens is 1. The van der Waals surface area contributed by atoms with Crippen LogP contribution < -0.4 is 20.3 Å². The number of methoxy groups -OCH3 is 2. The topological polar surface area (TPSA) is 116 Å². The molecule has 0 spiro atoms. The number of pyridine rings is 1. The molecular weight excluding hydrogens is 304 g/mol. The zero-order valence-electron chi connectivity index (χ0n) is 12.4. The lowest BCUT2D eigenvalue weighted by Gasteiger charge is -2.10. The zero-order chi connectivity index (χ0) is 16.8. The Balaban J connectivity index is 2.05. The van der Waals surface area contributed by atoms with E-state index in [4.69, 9.17) is 9.47 Å². The summed E-state index contributed by atoms with van der Waals surface area (Å²) in [4.78, 5) is 25.9. The largest absolute Gasteiger partial charge is 0.497 e. The van der Waals surface area contributed by atoms with Gasteiger partial charge < -0.3 is 9.47 Å². The maximum Gasteiger partial charge on any atom is 0.287 e. The van der Waals surface area contributed by atoms with Crippen LogP contribution in [0.4, 0.5) is 11.5 Å². The van der Waals surface area contributed by atoms with Crippen LogP contribution in [-0.4, -0.2) is 30.0 Å². The number of carbonyl (C=O) groups excluding carboxylic acids is 1. The number of benzene rings is 1. The van der Waals surface area contributed by atoms with E-state index in [1.54, 1.807) is 18.2 Å². The van der Waals surface area contributed by atoms with Crippen LogP contribution in [0.15, 0.2) is 36.5 Å². The lowest BCUT2D eigenvalue weighted by atomic mass is 10.2. The third-order valence-corrected chi connectivity index (χ3v) is 2.88. The summed E-state index contributed by atoms with van der Waals surface area (Å²) in [5.41, 5.74) is 5.18. The first-order valence-electron chi connectivity index (χ1n) is 6.43. The van der Waals surface area contributed by atoms with E-state index in [0.717, 1.165) is 6.20 Å². The van der Waals surface area contributed by atoms with E-state index < -0.39 is 10.8 Å². The smallest absolute Gasteiger partial charge is 0.287 e. The molecule has 0 fully saturated rings. The van der Waals surface area contributed by atoms with Crippen LogP contribution in [-0.2, 0) is 0 Å². The minimum atomic E-state index is -0.558. The van der Waals surface area contributed by atoms with Gasteiger partial charge in [0.2, 0.25) is 0 Å². The molecule has 2 rings (SSSR count). The first-order valence-corrected chi connectivity index (χ1v) is 6.43. The van der Waals surface area contributed by atoms with Gasteiger partial charge in [-0.2, -0.15) is 0 Å². The van der Waals surface area contributed by atoms with Crippen LogP contribution in [0.1, 0.15) is 10.4 Å². The summed E-state index contributed by atoms with van der Waals surface area (Å²) in [5, 5.41) is 10.5. The SMILES string of the molecule is COc1cc(OC)cc(C(=O)NNc2ccc([N+](=O)[O-])cn2)c1. The number of nitrogens with one attached hydrogen (secondary N) is 2. The number of hydrazine groups is 1. The average molecular weight is 318 g/mol. The average Bonchev–Trinajstić information content (AvgIpc) is 2.59. The highest BCUT2D eigenvalue weighted by Crippen LogP contribution is 2.22. The van der Waals surface area contributed by atoms with Crippen molar-refractivity contribution in [2.45, 2.75) is 0 Å². The molecule has 9 nitrogen and oxygen atoms in total. The van der Waals surface area contributed by atoms with Crippen molar-refractivity contribution in [1.82, 2.24) is 10.4 Å².